The molecule has 0 aliphatic heterocycles. The molecule has 0 N–H and O–H groups in total. The van der Waals surface area contributed by atoms with E-state index in [-0.39, 0.29) is 11.9 Å². The molecule has 0 aliphatic carbocycles. The first-order valence-electron chi connectivity index (χ1n) is 8.74. The van der Waals surface area contributed by atoms with Crippen molar-refractivity contribution in [3.05, 3.63) is 0 Å². The van der Waals surface area contributed by atoms with Gasteiger partial charge >= 0.3 is 5.97 Å². The second-order valence-corrected chi connectivity index (χ2v) is 6.51. The Balaban J connectivity index is 3.29. The van der Waals surface area contributed by atoms with Crippen LogP contribution in [0.1, 0.15) is 91.9 Å². The molecule has 0 rings (SSSR count). The lowest BCUT2D eigenvalue weighted by Crippen LogP contribution is -2.15. The van der Waals surface area contributed by atoms with Gasteiger partial charge in [-0.1, -0.05) is 79.1 Å². The third-order valence-corrected chi connectivity index (χ3v) is 3.81. The number of rotatable bonds is 13. The molecule has 120 valence electrons. The van der Waals surface area contributed by atoms with Gasteiger partial charge in [-0.3, -0.25) is 4.79 Å². The maximum absolute atomic E-state index is 11.7. The zero-order chi connectivity index (χ0) is 15.2. The predicted molar refractivity (Wildman–Crippen MR) is 86.8 cm³/mol. The van der Waals surface area contributed by atoms with Gasteiger partial charge in [-0.05, 0) is 18.8 Å². The van der Waals surface area contributed by atoms with Crippen LogP contribution < -0.4 is 0 Å². The van der Waals surface area contributed by atoms with Crippen LogP contribution in [-0.2, 0) is 9.53 Å². The highest BCUT2D eigenvalue weighted by molar-refractivity contribution is 5.71. The van der Waals surface area contributed by atoms with Crippen molar-refractivity contribution in [1.29, 1.82) is 0 Å². The molecule has 2 nitrogen and oxygen atoms in total. The van der Waals surface area contributed by atoms with Crippen molar-refractivity contribution in [2.45, 2.75) is 91.9 Å². The van der Waals surface area contributed by atoms with Crippen LogP contribution in [-0.4, -0.2) is 12.6 Å². The van der Waals surface area contributed by atoms with Gasteiger partial charge in [-0.25, -0.2) is 0 Å². The van der Waals surface area contributed by atoms with Gasteiger partial charge in [0.05, 0.1) is 12.5 Å². The lowest BCUT2D eigenvalue weighted by molar-refractivity contribution is -0.148. The molecule has 0 amide bonds. The maximum Gasteiger partial charge on any atom is 0.308 e. The first-order chi connectivity index (χ1) is 9.57. The molecular weight excluding hydrogens is 248 g/mol. The van der Waals surface area contributed by atoms with Crippen molar-refractivity contribution >= 4 is 5.97 Å². The van der Waals surface area contributed by atoms with E-state index in [4.69, 9.17) is 4.74 Å². The first kappa shape index (κ1) is 19.5. The fraction of sp³-hybridized carbons (Fsp3) is 0.944. The Morgan fingerprint density at radius 3 is 2.05 bits per heavy atom. The fourth-order valence-electron chi connectivity index (χ4n) is 2.30. The van der Waals surface area contributed by atoms with Crippen LogP contribution in [0, 0.1) is 11.8 Å². The third kappa shape index (κ3) is 12.5. The van der Waals surface area contributed by atoms with Crippen LogP contribution in [0.2, 0.25) is 0 Å². The Hall–Kier alpha value is -0.530. The molecule has 0 radical (unpaired) electrons. The number of carbonyl (C=O) groups is 1. The van der Waals surface area contributed by atoms with Gasteiger partial charge in [-0.15, -0.1) is 0 Å². The molecule has 1 atom stereocenters. The summed E-state index contributed by atoms with van der Waals surface area (Å²) in [6.07, 6.45) is 12.1. The Morgan fingerprint density at radius 1 is 0.850 bits per heavy atom. The summed E-state index contributed by atoms with van der Waals surface area (Å²) in [5, 5.41) is 0. The predicted octanol–water partition coefficient (Wildman–Crippen LogP) is 5.74. The van der Waals surface area contributed by atoms with E-state index in [0.29, 0.717) is 6.61 Å². The minimum Gasteiger partial charge on any atom is -0.465 e. The minimum absolute atomic E-state index is 0.00427. The van der Waals surface area contributed by atoms with E-state index < -0.39 is 0 Å². The average molecular weight is 284 g/mol. The second-order valence-electron chi connectivity index (χ2n) is 6.51. The van der Waals surface area contributed by atoms with Gasteiger partial charge in [0, 0.05) is 0 Å². The summed E-state index contributed by atoms with van der Waals surface area (Å²) < 4.78 is 5.32. The highest BCUT2D eigenvalue weighted by atomic mass is 16.5. The topological polar surface area (TPSA) is 26.3 Å². The fourth-order valence-corrected chi connectivity index (χ4v) is 2.30. The molecule has 0 saturated carbocycles. The molecule has 0 heterocycles. The summed E-state index contributed by atoms with van der Waals surface area (Å²) in [5.74, 6) is 0.908. The molecule has 0 aliphatic rings. The Morgan fingerprint density at radius 2 is 1.45 bits per heavy atom. The zero-order valence-electron chi connectivity index (χ0n) is 14.2. The standard InChI is InChI=1S/C18H36O2/c1-5-6-14-17(4)18(19)20-15-12-10-8-7-9-11-13-16(2)3/h16-17H,5-15H2,1-4H3. The molecule has 0 aromatic rings. The van der Waals surface area contributed by atoms with Crippen molar-refractivity contribution in [2.75, 3.05) is 6.61 Å². The van der Waals surface area contributed by atoms with Gasteiger partial charge in [0.1, 0.15) is 0 Å². The van der Waals surface area contributed by atoms with Crippen LogP contribution in [0.4, 0.5) is 0 Å². The summed E-state index contributed by atoms with van der Waals surface area (Å²) in [6.45, 7) is 9.32. The third-order valence-electron chi connectivity index (χ3n) is 3.81. The number of hydrogen-bond donors (Lipinski definition) is 0. The largest absolute Gasteiger partial charge is 0.465 e. The first-order valence-corrected chi connectivity index (χ1v) is 8.74. The van der Waals surface area contributed by atoms with Gasteiger partial charge in [-0.2, -0.15) is 0 Å². The smallest absolute Gasteiger partial charge is 0.308 e. The summed E-state index contributed by atoms with van der Waals surface area (Å²) in [5.41, 5.74) is 0. The lowest BCUT2D eigenvalue weighted by atomic mass is 10.0. The molecule has 20 heavy (non-hydrogen) atoms. The molecular formula is C18H36O2. The summed E-state index contributed by atoms with van der Waals surface area (Å²) in [6, 6.07) is 0. The van der Waals surface area contributed by atoms with Crippen molar-refractivity contribution in [3.63, 3.8) is 0 Å². The molecule has 0 aromatic carbocycles. The monoisotopic (exact) mass is 284 g/mol. The van der Waals surface area contributed by atoms with Gasteiger partial charge < -0.3 is 4.74 Å². The van der Waals surface area contributed by atoms with E-state index in [1.54, 1.807) is 0 Å². The molecule has 0 aromatic heterocycles. The average Bonchev–Trinajstić information content (AvgIpc) is 2.42. The summed E-state index contributed by atoms with van der Waals surface area (Å²) in [7, 11) is 0. The number of hydrogen-bond acceptors (Lipinski definition) is 2. The van der Waals surface area contributed by atoms with Crippen molar-refractivity contribution < 1.29 is 9.53 Å². The maximum atomic E-state index is 11.7. The van der Waals surface area contributed by atoms with E-state index in [1.165, 1.54) is 38.5 Å². The van der Waals surface area contributed by atoms with Crippen LogP contribution in [0.15, 0.2) is 0 Å². The van der Waals surface area contributed by atoms with Gasteiger partial charge in [0.15, 0.2) is 0 Å². The summed E-state index contributed by atoms with van der Waals surface area (Å²) in [4.78, 5) is 11.7. The second kappa shape index (κ2) is 13.5. The van der Waals surface area contributed by atoms with E-state index in [0.717, 1.165) is 31.6 Å². The minimum atomic E-state index is -0.00427. The number of esters is 1. The molecule has 0 spiro atoms. The van der Waals surface area contributed by atoms with E-state index >= 15 is 0 Å². The van der Waals surface area contributed by atoms with Gasteiger partial charge in [0.2, 0.25) is 0 Å². The Labute approximate surface area is 126 Å². The number of unbranched alkanes of at least 4 members (excludes halogenated alkanes) is 6. The molecule has 2 heteroatoms. The van der Waals surface area contributed by atoms with Gasteiger partial charge in [0.25, 0.3) is 0 Å². The SMILES string of the molecule is CCCCC(C)C(=O)OCCCCCCCCC(C)C. The quantitative estimate of drug-likeness (QED) is 0.318. The highest BCUT2D eigenvalue weighted by Crippen LogP contribution is 2.12. The van der Waals surface area contributed by atoms with Crippen LogP contribution >= 0.6 is 0 Å². The van der Waals surface area contributed by atoms with E-state index in [2.05, 4.69) is 20.8 Å². The van der Waals surface area contributed by atoms with Crippen molar-refractivity contribution in [2.24, 2.45) is 11.8 Å². The molecule has 1 unspecified atom stereocenters. The zero-order valence-corrected chi connectivity index (χ0v) is 14.2. The van der Waals surface area contributed by atoms with Crippen molar-refractivity contribution in [1.82, 2.24) is 0 Å². The highest BCUT2D eigenvalue weighted by Gasteiger charge is 2.12. The molecule has 0 bridgehead atoms. The van der Waals surface area contributed by atoms with Crippen LogP contribution in [0.5, 0.6) is 0 Å². The van der Waals surface area contributed by atoms with Crippen molar-refractivity contribution in [3.8, 4) is 0 Å². The van der Waals surface area contributed by atoms with Crippen LogP contribution in [0.3, 0.4) is 0 Å². The van der Waals surface area contributed by atoms with E-state index in [1.807, 2.05) is 6.92 Å². The normalized spacial score (nSPS) is 12.7. The number of carbonyl (C=O) groups excluding carboxylic acids is 1. The summed E-state index contributed by atoms with van der Waals surface area (Å²) >= 11 is 0. The lowest BCUT2D eigenvalue weighted by Gasteiger charge is -2.10. The molecule has 0 fully saturated rings. The Bertz CT molecular complexity index is 223. The number of ether oxygens (including phenoxy) is 1. The van der Waals surface area contributed by atoms with Crippen LogP contribution in [0.25, 0.3) is 0 Å². The van der Waals surface area contributed by atoms with E-state index in [9.17, 15) is 4.79 Å². The Kier molecular flexibility index (Phi) is 13.1. The molecule has 0 saturated heterocycles.